The fourth-order valence-corrected chi connectivity index (χ4v) is 1.86. The molecule has 14 heavy (non-hydrogen) atoms. The Balaban J connectivity index is 4.76. The molecule has 0 amide bonds. The lowest BCUT2D eigenvalue weighted by Crippen LogP contribution is -2.31. The standard InChI is InChI=1S/C8H14O5S/c1-3-6(9)5-8(7(10)4-2)14(11,12)13/h8H,3-5H2,1-2H3,(H,11,12,13). The Hall–Kier alpha value is -0.750. The van der Waals surface area contributed by atoms with Gasteiger partial charge in [-0.05, 0) is 0 Å². The third kappa shape index (κ3) is 3.97. The molecular formula is C8H14O5S. The van der Waals surface area contributed by atoms with Crippen LogP contribution in [0.15, 0.2) is 0 Å². The first-order chi connectivity index (χ1) is 6.32. The van der Waals surface area contributed by atoms with E-state index >= 15 is 0 Å². The maximum atomic E-state index is 11.1. The van der Waals surface area contributed by atoms with Crippen LogP contribution in [0.5, 0.6) is 0 Å². The summed E-state index contributed by atoms with van der Waals surface area (Å²) in [5.74, 6) is -0.983. The first-order valence-electron chi connectivity index (χ1n) is 4.33. The maximum Gasteiger partial charge on any atom is 0.275 e. The summed E-state index contributed by atoms with van der Waals surface area (Å²) in [6.07, 6.45) is -0.285. The summed E-state index contributed by atoms with van der Waals surface area (Å²) in [7, 11) is -4.45. The number of hydrogen-bond donors (Lipinski definition) is 1. The minimum atomic E-state index is -4.45. The number of carbonyl (C=O) groups excluding carboxylic acids is 2. The molecule has 0 aromatic carbocycles. The zero-order valence-corrected chi connectivity index (χ0v) is 9.00. The molecule has 0 saturated heterocycles. The Bertz CT molecular complexity index is 317. The largest absolute Gasteiger partial charge is 0.300 e. The Morgan fingerprint density at radius 2 is 1.71 bits per heavy atom. The molecule has 82 valence electrons. The van der Waals surface area contributed by atoms with Gasteiger partial charge in [0.05, 0.1) is 0 Å². The van der Waals surface area contributed by atoms with Crippen molar-refractivity contribution in [2.24, 2.45) is 0 Å². The van der Waals surface area contributed by atoms with Crippen LogP contribution in [0.25, 0.3) is 0 Å². The summed E-state index contributed by atoms with van der Waals surface area (Å²) in [5, 5.41) is -1.58. The molecule has 0 bridgehead atoms. The fraction of sp³-hybridized carbons (Fsp3) is 0.750. The number of Topliss-reactive ketones (excluding diaryl/α,β-unsaturated/α-hetero) is 2. The third-order valence-electron chi connectivity index (χ3n) is 1.87. The zero-order chi connectivity index (χ0) is 11.4. The summed E-state index contributed by atoms with van der Waals surface area (Å²) < 4.78 is 30.3. The van der Waals surface area contributed by atoms with Gasteiger partial charge < -0.3 is 0 Å². The van der Waals surface area contributed by atoms with Crippen LogP contribution in [0.3, 0.4) is 0 Å². The lowest BCUT2D eigenvalue weighted by atomic mass is 10.1. The van der Waals surface area contributed by atoms with Crippen molar-refractivity contribution in [3.63, 3.8) is 0 Å². The van der Waals surface area contributed by atoms with Crippen LogP contribution in [-0.2, 0) is 19.7 Å². The Kier molecular flexibility index (Phi) is 4.93. The van der Waals surface area contributed by atoms with Gasteiger partial charge in [0.1, 0.15) is 5.78 Å². The smallest absolute Gasteiger partial charge is 0.275 e. The average molecular weight is 222 g/mol. The van der Waals surface area contributed by atoms with Crippen molar-refractivity contribution in [2.75, 3.05) is 0 Å². The molecule has 1 unspecified atom stereocenters. The molecule has 0 aliphatic heterocycles. The first kappa shape index (κ1) is 13.2. The van der Waals surface area contributed by atoms with Crippen LogP contribution in [0.2, 0.25) is 0 Å². The van der Waals surface area contributed by atoms with Crippen molar-refractivity contribution in [1.29, 1.82) is 0 Å². The molecule has 0 aliphatic rings. The van der Waals surface area contributed by atoms with Gasteiger partial charge in [-0.15, -0.1) is 0 Å². The highest BCUT2D eigenvalue weighted by Crippen LogP contribution is 2.09. The van der Waals surface area contributed by atoms with Crippen LogP contribution >= 0.6 is 0 Å². The molecule has 0 aliphatic carbocycles. The quantitative estimate of drug-likeness (QED) is 0.664. The molecule has 0 saturated carbocycles. The predicted octanol–water partition coefficient (Wildman–Crippen LogP) is 0.591. The van der Waals surface area contributed by atoms with Crippen LogP contribution in [0, 0.1) is 0 Å². The molecule has 1 atom stereocenters. The molecule has 0 aromatic heterocycles. The second-order valence-electron chi connectivity index (χ2n) is 2.92. The summed E-state index contributed by atoms with van der Waals surface area (Å²) >= 11 is 0. The van der Waals surface area contributed by atoms with Crippen LogP contribution < -0.4 is 0 Å². The summed E-state index contributed by atoms with van der Waals surface area (Å²) in [6, 6.07) is 0. The highest BCUT2D eigenvalue weighted by molar-refractivity contribution is 7.87. The van der Waals surface area contributed by atoms with E-state index in [4.69, 9.17) is 4.55 Å². The SMILES string of the molecule is CCC(=O)CC(C(=O)CC)S(=O)(=O)O. The monoisotopic (exact) mass is 222 g/mol. The van der Waals surface area contributed by atoms with Crippen molar-refractivity contribution < 1.29 is 22.6 Å². The van der Waals surface area contributed by atoms with Gasteiger partial charge in [-0.3, -0.25) is 14.1 Å². The van der Waals surface area contributed by atoms with Crippen LogP contribution in [0.4, 0.5) is 0 Å². The zero-order valence-electron chi connectivity index (χ0n) is 8.19. The van der Waals surface area contributed by atoms with Gasteiger partial charge in [-0.25, -0.2) is 0 Å². The molecular weight excluding hydrogens is 208 g/mol. The summed E-state index contributed by atoms with van der Waals surface area (Å²) in [6.45, 7) is 3.05. The van der Waals surface area contributed by atoms with Gasteiger partial charge in [0, 0.05) is 19.3 Å². The maximum absolute atomic E-state index is 11.1. The Labute approximate surface area is 83.2 Å². The molecule has 0 aromatic rings. The van der Waals surface area contributed by atoms with E-state index in [-0.39, 0.29) is 18.6 Å². The predicted molar refractivity (Wildman–Crippen MR) is 50.5 cm³/mol. The van der Waals surface area contributed by atoms with Gasteiger partial charge in [-0.1, -0.05) is 13.8 Å². The van der Waals surface area contributed by atoms with Gasteiger partial charge in [0.25, 0.3) is 10.1 Å². The Morgan fingerprint density at radius 3 is 2.00 bits per heavy atom. The van der Waals surface area contributed by atoms with Gasteiger partial charge in [-0.2, -0.15) is 8.42 Å². The van der Waals surface area contributed by atoms with Crippen molar-refractivity contribution in [3.05, 3.63) is 0 Å². The number of ketones is 2. The normalized spacial score (nSPS) is 13.6. The van der Waals surface area contributed by atoms with Crippen molar-refractivity contribution in [1.82, 2.24) is 0 Å². The van der Waals surface area contributed by atoms with Crippen molar-refractivity contribution in [2.45, 2.75) is 38.4 Å². The molecule has 5 nitrogen and oxygen atoms in total. The highest BCUT2D eigenvalue weighted by atomic mass is 32.2. The minimum Gasteiger partial charge on any atom is -0.300 e. The van der Waals surface area contributed by atoms with E-state index in [1.54, 1.807) is 6.92 Å². The molecule has 0 fully saturated rings. The van der Waals surface area contributed by atoms with E-state index in [0.717, 1.165) is 0 Å². The molecule has 0 heterocycles. The average Bonchev–Trinajstić information content (AvgIpc) is 2.10. The van der Waals surface area contributed by atoms with Crippen LogP contribution in [0.1, 0.15) is 33.1 Å². The second-order valence-corrected chi connectivity index (χ2v) is 4.52. The molecule has 0 spiro atoms. The van der Waals surface area contributed by atoms with E-state index in [9.17, 15) is 18.0 Å². The lowest BCUT2D eigenvalue weighted by molar-refractivity contribution is -0.123. The molecule has 0 radical (unpaired) electrons. The second kappa shape index (κ2) is 5.21. The molecule has 0 rings (SSSR count). The number of carbonyl (C=O) groups is 2. The van der Waals surface area contributed by atoms with E-state index in [2.05, 4.69) is 0 Å². The topological polar surface area (TPSA) is 88.5 Å². The lowest BCUT2D eigenvalue weighted by Gasteiger charge is -2.09. The van der Waals surface area contributed by atoms with Crippen molar-refractivity contribution in [3.8, 4) is 0 Å². The van der Waals surface area contributed by atoms with Crippen molar-refractivity contribution >= 4 is 21.7 Å². The van der Waals surface area contributed by atoms with Gasteiger partial charge in [0.2, 0.25) is 0 Å². The van der Waals surface area contributed by atoms with E-state index < -0.39 is 27.6 Å². The summed E-state index contributed by atoms with van der Waals surface area (Å²) in [4.78, 5) is 22.1. The highest BCUT2D eigenvalue weighted by Gasteiger charge is 2.31. The third-order valence-corrected chi connectivity index (χ3v) is 3.02. The first-order valence-corrected chi connectivity index (χ1v) is 5.83. The minimum absolute atomic E-state index is 0.0124. The van der Waals surface area contributed by atoms with Gasteiger partial charge >= 0.3 is 0 Å². The number of rotatable bonds is 6. The molecule has 1 N–H and O–H groups in total. The summed E-state index contributed by atoms with van der Waals surface area (Å²) in [5.41, 5.74) is 0. The van der Waals surface area contributed by atoms with E-state index in [1.807, 2.05) is 0 Å². The van der Waals surface area contributed by atoms with E-state index in [1.165, 1.54) is 6.92 Å². The fourth-order valence-electron chi connectivity index (χ4n) is 0.964. The molecule has 6 heteroatoms. The van der Waals surface area contributed by atoms with E-state index in [0.29, 0.717) is 0 Å². The van der Waals surface area contributed by atoms with Crippen LogP contribution in [-0.4, -0.2) is 29.8 Å². The van der Waals surface area contributed by atoms with Gasteiger partial charge in [0.15, 0.2) is 11.0 Å². The Morgan fingerprint density at radius 1 is 1.21 bits per heavy atom. The number of hydrogen-bond acceptors (Lipinski definition) is 4.